The van der Waals surface area contributed by atoms with Crippen LogP contribution in [0.1, 0.15) is 31.4 Å². The first-order valence-electron chi connectivity index (χ1n) is 11.5. The molecule has 2 heterocycles. The molecule has 3 aromatic rings. The van der Waals surface area contributed by atoms with Crippen molar-refractivity contribution in [3.63, 3.8) is 0 Å². The number of imide groups is 1. The Kier molecular flexibility index (Phi) is 5.65. The normalized spacial score (nSPS) is 15.9. The van der Waals surface area contributed by atoms with Crippen LogP contribution in [0.2, 0.25) is 0 Å². The second-order valence-corrected chi connectivity index (χ2v) is 8.70. The molecule has 0 atom stereocenters. The molecular weight excluding hydrogens is 431 g/mol. The highest BCUT2D eigenvalue weighted by Gasteiger charge is 2.44. The summed E-state index contributed by atoms with van der Waals surface area (Å²) in [4.78, 5) is 30.4. The number of amides is 2. The second-order valence-electron chi connectivity index (χ2n) is 8.70. The van der Waals surface area contributed by atoms with Gasteiger partial charge in [-0.3, -0.25) is 9.59 Å². The molecule has 0 radical (unpaired) electrons. The van der Waals surface area contributed by atoms with Crippen molar-refractivity contribution in [3.05, 3.63) is 95.4 Å². The third-order valence-electron chi connectivity index (χ3n) is 6.05. The Bertz CT molecular complexity index is 1300. The SMILES string of the molecule is CC(C)Oc1ccc(C2=C(N3CCCc4ccccc43)C(=O)N(c3ccccc3F)C2=O)cc1. The summed E-state index contributed by atoms with van der Waals surface area (Å²) in [6.07, 6.45) is 1.75. The lowest BCUT2D eigenvalue weighted by molar-refractivity contribution is -0.120. The van der Waals surface area contributed by atoms with E-state index in [2.05, 4.69) is 0 Å². The van der Waals surface area contributed by atoms with Crippen molar-refractivity contribution in [1.82, 2.24) is 0 Å². The van der Waals surface area contributed by atoms with Crippen molar-refractivity contribution >= 4 is 28.8 Å². The average molecular weight is 457 g/mol. The van der Waals surface area contributed by atoms with Crippen LogP contribution < -0.4 is 14.5 Å². The Morgan fingerprint density at radius 2 is 1.53 bits per heavy atom. The van der Waals surface area contributed by atoms with Gasteiger partial charge in [0.15, 0.2) is 0 Å². The van der Waals surface area contributed by atoms with Gasteiger partial charge in [-0.2, -0.15) is 0 Å². The predicted octanol–water partition coefficient (Wildman–Crippen LogP) is 5.35. The molecule has 0 saturated carbocycles. The maximum absolute atomic E-state index is 14.7. The molecule has 0 aliphatic carbocycles. The number of aryl methyl sites for hydroxylation is 1. The Hall–Kier alpha value is -3.93. The molecule has 6 heteroatoms. The van der Waals surface area contributed by atoms with Crippen molar-refractivity contribution in [1.29, 1.82) is 0 Å². The number of benzene rings is 3. The summed E-state index contributed by atoms with van der Waals surface area (Å²) in [5.41, 5.74) is 3.10. The van der Waals surface area contributed by atoms with Crippen LogP contribution in [-0.4, -0.2) is 24.5 Å². The molecule has 5 nitrogen and oxygen atoms in total. The molecule has 2 amide bonds. The minimum absolute atomic E-state index is 0.0108. The Morgan fingerprint density at radius 1 is 0.853 bits per heavy atom. The Morgan fingerprint density at radius 3 is 2.24 bits per heavy atom. The summed E-state index contributed by atoms with van der Waals surface area (Å²) in [5, 5.41) is 0. The zero-order chi connectivity index (χ0) is 23.8. The van der Waals surface area contributed by atoms with Crippen molar-refractivity contribution < 1.29 is 18.7 Å². The van der Waals surface area contributed by atoms with Crippen LogP contribution in [-0.2, 0) is 16.0 Å². The molecule has 0 N–H and O–H groups in total. The first-order chi connectivity index (χ1) is 16.5. The Balaban J connectivity index is 1.66. The molecule has 2 aliphatic rings. The third kappa shape index (κ3) is 3.75. The van der Waals surface area contributed by atoms with Gasteiger partial charge < -0.3 is 9.64 Å². The molecule has 0 fully saturated rings. The largest absolute Gasteiger partial charge is 0.491 e. The van der Waals surface area contributed by atoms with E-state index >= 15 is 0 Å². The van der Waals surface area contributed by atoms with Crippen LogP contribution in [0.3, 0.4) is 0 Å². The minimum atomic E-state index is -0.621. The van der Waals surface area contributed by atoms with Gasteiger partial charge in [0.25, 0.3) is 11.8 Å². The number of halogens is 1. The fourth-order valence-electron chi connectivity index (χ4n) is 4.62. The quantitative estimate of drug-likeness (QED) is 0.486. The molecule has 5 rings (SSSR count). The molecule has 3 aromatic carbocycles. The molecule has 0 aromatic heterocycles. The Labute approximate surface area is 198 Å². The average Bonchev–Trinajstić information content (AvgIpc) is 3.09. The van der Waals surface area contributed by atoms with Gasteiger partial charge in [-0.25, -0.2) is 9.29 Å². The zero-order valence-electron chi connectivity index (χ0n) is 19.1. The predicted molar refractivity (Wildman–Crippen MR) is 130 cm³/mol. The summed E-state index contributed by atoms with van der Waals surface area (Å²) in [5.74, 6) is -1.01. The second kappa shape index (κ2) is 8.78. The van der Waals surface area contributed by atoms with E-state index in [0.29, 0.717) is 17.9 Å². The third-order valence-corrected chi connectivity index (χ3v) is 6.05. The van der Waals surface area contributed by atoms with Crippen molar-refractivity contribution in [2.75, 3.05) is 16.3 Å². The molecule has 0 unspecified atom stereocenters. The number of ether oxygens (including phenoxy) is 1. The topological polar surface area (TPSA) is 49.9 Å². The van der Waals surface area contributed by atoms with Gasteiger partial charge in [0.2, 0.25) is 0 Å². The fraction of sp³-hybridized carbons (Fsp3) is 0.214. The number of rotatable bonds is 5. The van der Waals surface area contributed by atoms with E-state index < -0.39 is 17.6 Å². The standard InChI is InChI=1S/C28H25FN2O3/c1-18(2)34-21-15-13-20(14-16-21)25-26(30-17-7-9-19-8-3-5-11-23(19)30)28(33)31(27(25)32)24-12-6-4-10-22(24)29/h3-6,8,10-16,18H,7,9,17H2,1-2H3. The highest BCUT2D eigenvalue weighted by molar-refractivity contribution is 6.46. The number of hydrogen-bond donors (Lipinski definition) is 0. The van der Waals surface area contributed by atoms with Gasteiger partial charge in [0.05, 0.1) is 17.4 Å². The van der Waals surface area contributed by atoms with Gasteiger partial charge >= 0.3 is 0 Å². The number of para-hydroxylation sites is 2. The van der Waals surface area contributed by atoms with Crippen LogP contribution in [0.25, 0.3) is 5.57 Å². The molecule has 172 valence electrons. The van der Waals surface area contributed by atoms with Gasteiger partial charge in [0.1, 0.15) is 17.3 Å². The number of anilines is 2. The molecule has 34 heavy (non-hydrogen) atoms. The molecular formula is C28H25FN2O3. The number of carbonyl (C=O) groups excluding carboxylic acids is 2. The maximum atomic E-state index is 14.7. The smallest absolute Gasteiger partial charge is 0.282 e. The van der Waals surface area contributed by atoms with Crippen molar-refractivity contribution in [2.24, 2.45) is 0 Å². The number of carbonyl (C=O) groups is 2. The fourth-order valence-corrected chi connectivity index (χ4v) is 4.62. The maximum Gasteiger partial charge on any atom is 0.282 e. The lowest BCUT2D eigenvalue weighted by Crippen LogP contribution is -2.37. The van der Waals surface area contributed by atoms with E-state index in [1.165, 1.54) is 18.2 Å². The number of fused-ring (bicyclic) bond motifs is 1. The lowest BCUT2D eigenvalue weighted by atomic mass is 9.98. The highest BCUT2D eigenvalue weighted by atomic mass is 19.1. The summed E-state index contributed by atoms with van der Waals surface area (Å²) < 4.78 is 20.4. The number of nitrogens with zero attached hydrogens (tertiary/aromatic N) is 2. The van der Waals surface area contributed by atoms with Crippen LogP contribution in [0, 0.1) is 5.82 Å². The van der Waals surface area contributed by atoms with E-state index in [4.69, 9.17) is 4.74 Å². The van der Waals surface area contributed by atoms with E-state index in [9.17, 15) is 14.0 Å². The molecule has 2 aliphatic heterocycles. The van der Waals surface area contributed by atoms with Crippen molar-refractivity contribution in [3.8, 4) is 5.75 Å². The van der Waals surface area contributed by atoms with E-state index in [1.807, 2.05) is 43.0 Å². The van der Waals surface area contributed by atoms with Gasteiger partial charge in [-0.15, -0.1) is 0 Å². The van der Waals surface area contributed by atoms with E-state index in [1.54, 1.807) is 30.3 Å². The molecule has 0 bridgehead atoms. The van der Waals surface area contributed by atoms with Crippen molar-refractivity contribution in [2.45, 2.75) is 32.8 Å². The molecule has 0 spiro atoms. The molecule has 0 saturated heterocycles. The van der Waals surface area contributed by atoms with Gasteiger partial charge in [-0.05, 0) is 68.1 Å². The minimum Gasteiger partial charge on any atom is -0.491 e. The lowest BCUT2D eigenvalue weighted by Gasteiger charge is -2.32. The summed E-state index contributed by atoms with van der Waals surface area (Å²) in [7, 11) is 0. The summed E-state index contributed by atoms with van der Waals surface area (Å²) in [6.45, 7) is 4.47. The van der Waals surface area contributed by atoms with Gasteiger partial charge in [-0.1, -0.05) is 42.5 Å². The first kappa shape index (κ1) is 21.9. The first-order valence-corrected chi connectivity index (χ1v) is 11.5. The highest BCUT2D eigenvalue weighted by Crippen LogP contribution is 2.40. The van der Waals surface area contributed by atoms with Crippen LogP contribution in [0.15, 0.2) is 78.5 Å². The van der Waals surface area contributed by atoms with E-state index in [-0.39, 0.29) is 23.1 Å². The van der Waals surface area contributed by atoms with Crippen LogP contribution >= 0.6 is 0 Å². The van der Waals surface area contributed by atoms with Crippen LogP contribution in [0.5, 0.6) is 5.75 Å². The van der Waals surface area contributed by atoms with Gasteiger partial charge in [0, 0.05) is 12.2 Å². The monoisotopic (exact) mass is 456 g/mol. The van der Waals surface area contributed by atoms with Crippen LogP contribution in [0.4, 0.5) is 15.8 Å². The number of hydrogen-bond acceptors (Lipinski definition) is 4. The summed E-state index contributed by atoms with van der Waals surface area (Å²) >= 11 is 0. The zero-order valence-corrected chi connectivity index (χ0v) is 19.1. The summed E-state index contributed by atoms with van der Waals surface area (Å²) in [6, 6.07) is 20.9. The van der Waals surface area contributed by atoms with E-state index in [0.717, 1.165) is 29.0 Å².